The molecule has 12 aromatic carbocycles. The third kappa shape index (κ3) is 5.02. The van der Waals surface area contributed by atoms with Crippen molar-refractivity contribution < 1.29 is 0 Å². The van der Waals surface area contributed by atoms with Crippen molar-refractivity contribution in [3.05, 3.63) is 241 Å². The molecule has 0 N–H and O–H groups in total. The van der Waals surface area contributed by atoms with Gasteiger partial charge in [0.1, 0.15) is 0 Å². The first-order valence-corrected chi connectivity index (χ1v) is 25.7. The number of fused-ring (bicyclic) bond motifs is 14. The summed E-state index contributed by atoms with van der Waals surface area (Å²) in [5, 5.41) is 7.86. The number of hydrogen-bond donors (Lipinski definition) is 0. The summed E-state index contributed by atoms with van der Waals surface area (Å²) in [5.41, 5.74) is 31.6. The summed E-state index contributed by atoms with van der Waals surface area (Å²) in [6.45, 7) is 9.63. The number of benzene rings is 12. The largest absolute Gasteiger partial charge is 0.0622 e. The highest BCUT2D eigenvalue weighted by atomic mass is 14.4. The van der Waals surface area contributed by atoms with Gasteiger partial charge in [0.25, 0.3) is 0 Å². The van der Waals surface area contributed by atoms with Crippen LogP contribution in [0.2, 0.25) is 0 Å². The molecule has 0 heterocycles. The van der Waals surface area contributed by atoms with E-state index in [9.17, 15) is 0 Å². The van der Waals surface area contributed by atoms with E-state index < -0.39 is 0 Å². The first-order valence-electron chi connectivity index (χ1n) is 25.7. The Morgan fingerprint density at radius 3 is 0.847 bits per heavy atom. The van der Waals surface area contributed by atoms with Gasteiger partial charge in [-0.3, -0.25) is 0 Å². The van der Waals surface area contributed by atoms with Crippen LogP contribution >= 0.6 is 0 Å². The molecule has 4 aliphatic rings. The summed E-state index contributed by atoms with van der Waals surface area (Å²) < 4.78 is 0. The van der Waals surface area contributed by atoms with Crippen LogP contribution in [0.15, 0.2) is 218 Å². The Kier molecular flexibility index (Phi) is 7.85. The van der Waals surface area contributed by atoms with Crippen molar-refractivity contribution in [3.63, 3.8) is 0 Å². The van der Waals surface area contributed by atoms with Crippen LogP contribution in [-0.2, 0) is 10.8 Å². The minimum absolute atomic E-state index is 0.135. The van der Waals surface area contributed by atoms with Gasteiger partial charge in [-0.25, -0.2) is 0 Å². The first-order chi connectivity index (χ1) is 35.3. The fraction of sp³-hybridized carbons (Fsp3) is 0.0833. The number of hydrogen-bond acceptors (Lipinski definition) is 0. The van der Waals surface area contributed by atoms with Gasteiger partial charge < -0.3 is 0 Å². The van der Waals surface area contributed by atoms with Gasteiger partial charge >= 0.3 is 0 Å². The Labute approximate surface area is 420 Å². The van der Waals surface area contributed by atoms with Gasteiger partial charge in [-0.15, -0.1) is 0 Å². The van der Waals surface area contributed by atoms with Crippen LogP contribution < -0.4 is 0 Å². The van der Waals surface area contributed by atoms with Crippen molar-refractivity contribution >= 4 is 32.3 Å². The van der Waals surface area contributed by atoms with Gasteiger partial charge in [0.05, 0.1) is 0 Å². The van der Waals surface area contributed by atoms with E-state index in [2.05, 4.69) is 246 Å². The lowest BCUT2D eigenvalue weighted by Gasteiger charge is -2.25. The van der Waals surface area contributed by atoms with Gasteiger partial charge in [-0.2, -0.15) is 0 Å². The summed E-state index contributed by atoms with van der Waals surface area (Å²) in [4.78, 5) is 0. The molecule has 0 nitrogen and oxygen atoms in total. The molecule has 0 fully saturated rings. The molecule has 336 valence electrons. The SMILES string of the molecule is CC1(C)c2ccccc2-c2ccc(-c3c4c(c(-c5ccc6c(c5)C(C)(C)c5ccccc5-6)c5ccccc35)-c3ccc5c6c(ccc-4c36)-c3c-5c(-c4ccccc4)c4ccccc4c3-c3ccccc3)cc21. The monoisotopic (exact) mass is 912 g/mol. The molecule has 0 bridgehead atoms. The Morgan fingerprint density at radius 1 is 0.208 bits per heavy atom. The van der Waals surface area contributed by atoms with Crippen molar-refractivity contribution in [2.75, 3.05) is 0 Å². The van der Waals surface area contributed by atoms with E-state index >= 15 is 0 Å². The van der Waals surface area contributed by atoms with Crippen LogP contribution in [0.1, 0.15) is 49.9 Å². The Bertz CT molecular complexity index is 4130. The van der Waals surface area contributed by atoms with Crippen molar-refractivity contribution in [2.24, 2.45) is 0 Å². The second-order valence-electron chi connectivity index (χ2n) is 21.8. The fourth-order valence-electron chi connectivity index (χ4n) is 14.4. The van der Waals surface area contributed by atoms with Crippen LogP contribution in [-0.4, -0.2) is 0 Å². The molecular formula is C72H48. The normalized spacial score (nSPS) is 14.3. The summed E-state index contributed by atoms with van der Waals surface area (Å²) in [5.74, 6) is 0. The third-order valence-corrected chi connectivity index (χ3v) is 17.5. The number of rotatable bonds is 4. The molecule has 0 spiro atoms. The highest BCUT2D eigenvalue weighted by Gasteiger charge is 2.40. The van der Waals surface area contributed by atoms with Crippen molar-refractivity contribution in [3.8, 4) is 111 Å². The summed E-state index contributed by atoms with van der Waals surface area (Å²) in [6, 6.07) is 83.4. The summed E-state index contributed by atoms with van der Waals surface area (Å²) >= 11 is 0. The van der Waals surface area contributed by atoms with Gasteiger partial charge in [-0.05, 0) is 178 Å². The van der Waals surface area contributed by atoms with Crippen molar-refractivity contribution in [1.82, 2.24) is 0 Å². The molecule has 0 heteroatoms. The van der Waals surface area contributed by atoms with E-state index in [4.69, 9.17) is 0 Å². The van der Waals surface area contributed by atoms with E-state index in [-0.39, 0.29) is 10.8 Å². The Balaban J connectivity index is 1.04. The minimum atomic E-state index is -0.135. The highest BCUT2D eigenvalue weighted by Crippen LogP contribution is 2.65. The zero-order chi connectivity index (χ0) is 47.8. The van der Waals surface area contributed by atoms with Crippen LogP contribution in [0.25, 0.3) is 144 Å². The zero-order valence-corrected chi connectivity index (χ0v) is 40.8. The molecule has 0 unspecified atom stereocenters. The standard InChI is InChI=1S/C72H48/c1-71(2)57-29-17-15-23-45(57)47-33-31-43(39-59(47)71)63-51-27-13-14-28-52(51)64(44-32-34-48-46-24-16-18-30-58(46)72(3,4)60(48)40-44)70-56-38-36-54-65-53(35-37-55(66(56)65)69(63)70)67-61(41-19-7-5-8-20-41)49-25-11-12-26-50(49)62(68(54)67)42-21-9-6-10-22-42/h5-40H,1-4H3. The topological polar surface area (TPSA) is 0 Å². The van der Waals surface area contributed by atoms with Gasteiger partial charge in [0.2, 0.25) is 0 Å². The average molecular weight is 913 g/mol. The molecule has 16 rings (SSSR count). The minimum Gasteiger partial charge on any atom is -0.0622 e. The lowest BCUT2D eigenvalue weighted by molar-refractivity contribution is 0.660. The van der Waals surface area contributed by atoms with Gasteiger partial charge in [0, 0.05) is 10.8 Å². The van der Waals surface area contributed by atoms with Crippen LogP contribution in [0.4, 0.5) is 0 Å². The molecule has 0 aliphatic heterocycles. The smallest absolute Gasteiger partial charge is 0.0159 e. The maximum atomic E-state index is 2.55. The molecule has 0 saturated heterocycles. The van der Waals surface area contributed by atoms with E-state index in [0.717, 1.165) is 0 Å². The molecule has 0 saturated carbocycles. The highest BCUT2D eigenvalue weighted by molar-refractivity contribution is 6.35. The summed E-state index contributed by atoms with van der Waals surface area (Å²) in [7, 11) is 0. The third-order valence-electron chi connectivity index (χ3n) is 17.5. The molecule has 4 aliphatic carbocycles. The maximum Gasteiger partial charge on any atom is 0.0159 e. The van der Waals surface area contributed by atoms with Crippen LogP contribution in [0.3, 0.4) is 0 Å². The van der Waals surface area contributed by atoms with Crippen molar-refractivity contribution in [2.45, 2.75) is 38.5 Å². The zero-order valence-electron chi connectivity index (χ0n) is 40.8. The maximum absolute atomic E-state index is 2.55. The van der Waals surface area contributed by atoms with Crippen LogP contribution in [0.5, 0.6) is 0 Å². The van der Waals surface area contributed by atoms with Crippen LogP contribution in [0, 0.1) is 0 Å². The molecule has 72 heavy (non-hydrogen) atoms. The van der Waals surface area contributed by atoms with E-state index in [1.165, 1.54) is 166 Å². The van der Waals surface area contributed by atoms with E-state index in [0.29, 0.717) is 0 Å². The predicted molar refractivity (Wildman–Crippen MR) is 305 cm³/mol. The molecule has 0 radical (unpaired) electrons. The van der Waals surface area contributed by atoms with E-state index in [1.54, 1.807) is 0 Å². The molecular weight excluding hydrogens is 865 g/mol. The molecule has 0 atom stereocenters. The quantitative estimate of drug-likeness (QED) is 0.165. The predicted octanol–water partition coefficient (Wildman–Crippen LogP) is 19.7. The lowest BCUT2D eigenvalue weighted by Crippen LogP contribution is -2.15. The van der Waals surface area contributed by atoms with E-state index in [1.807, 2.05) is 0 Å². The second kappa shape index (κ2) is 14.1. The fourth-order valence-corrected chi connectivity index (χ4v) is 14.4. The summed E-state index contributed by atoms with van der Waals surface area (Å²) in [6.07, 6.45) is 0. The molecule has 0 amide bonds. The van der Waals surface area contributed by atoms with Crippen molar-refractivity contribution in [1.29, 1.82) is 0 Å². The molecule has 12 aromatic rings. The molecule has 0 aromatic heterocycles. The average Bonchev–Trinajstić information content (AvgIpc) is 4.08. The Morgan fingerprint density at radius 2 is 0.486 bits per heavy atom. The van der Waals surface area contributed by atoms with Gasteiger partial charge in [0.15, 0.2) is 0 Å². The Hall–Kier alpha value is -8.58. The first kappa shape index (κ1) is 40.2. The lowest BCUT2D eigenvalue weighted by atomic mass is 9.78. The van der Waals surface area contributed by atoms with Gasteiger partial charge in [-0.1, -0.05) is 234 Å². The second-order valence-corrected chi connectivity index (χ2v) is 21.8.